The highest BCUT2D eigenvalue weighted by atomic mass is 32.2. The molecule has 2 unspecified atom stereocenters. The van der Waals surface area contributed by atoms with Crippen molar-refractivity contribution in [3.05, 3.63) is 0 Å². The molecule has 1 rings (SSSR count). The molecule has 102 valence electrons. The Balaban J connectivity index is 2.55. The van der Waals surface area contributed by atoms with Crippen LogP contribution in [0.3, 0.4) is 0 Å². The maximum absolute atomic E-state index is 11.5. The van der Waals surface area contributed by atoms with Crippen LogP contribution in [0.15, 0.2) is 0 Å². The first-order valence-electron chi connectivity index (χ1n) is 6.63. The molecule has 0 amide bonds. The highest BCUT2D eigenvalue weighted by molar-refractivity contribution is 7.91. The lowest BCUT2D eigenvalue weighted by Gasteiger charge is -2.32. The molecule has 1 saturated heterocycles. The second kappa shape index (κ2) is 6.71. The molecule has 1 fully saturated rings. The van der Waals surface area contributed by atoms with Crippen molar-refractivity contribution in [3.63, 3.8) is 0 Å². The Labute approximate surface area is 106 Å². The summed E-state index contributed by atoms with van der Waals surface area (Å²) < 4.78 is 23.0. The van der Waals surface area contributed by atoms with Gasteiger partial charge in [0.25, 0.3) is 0 Å². The Morgan fingerprint density at radius 3 is 2.59 bits per heavy atom. The Morgan fingerprint density at radius 1 is 1.41 bits per heavy atom. The minimum absolute atomic E-state index is 0.218. The Kier molecular flexibility index (Phi) is 5.89. The molecule has 0 bridgehead atoms. The molecule has 2 atom stereocenters. The van der Waals surface area contributed by atoms with Gasteiger partial charge in [-0.2, -0.15) is 0 Å². The van der Waals surface area contributed by atoms with Crippen molar-refractivity contribution in [1.29, 1.82) is 0 Å². The topological polar surface area (TPSA) is 49.4 Å². The van der Waals surface area contributed by atoms with E-state index >= 15 is 0 Å². The molecule has 0 saturated carbocycles. The summed E-state index contributed by atoms with van der Waals surface area (Å²) in [5, 5.41) is 3.37. The van der Waals surface area contributed by atoms with Crippen molar-refractivity contribution in [2.75, 3.05) is 31.6 Å². The Bertz CT molecular complexity index is 316. The molecular weight excluding hydrogens is 236 g/mol. The van der Waals surface area contributed by atoms with Crippen LogP contribution >= 0.6 is 0 Å². The second-order valence-corrected chi connectivity index (χ2v) is 7.20. The number of hydrogen-bond acceptors (Lipinski definition) is 4. The average molecular weight is 262 g/mol. The summed E-state index contributed by atoms with van der Waals surface area (Å²) in [6, 6.07) is 0.674. The lowest BCUT2D eigenvalue weighted by molar-refractivity contribution is 0.174. The molecule has 1 N–H and O–H groups in total. The summed E-state index contributed by atoms with van der Waals surface area (Å²) in [6.45, 7) is 6.20. The third kappa shape index (κ3) is 4.56. The van der Waals surface area contributed by atoms with Crippen molar-refractivity contribution in [2.24, 2.45) is 0 Å². The van der Waals surface area contributed by atoms with E-state index in [1.54, 1.807) is 0 Å². The summed E-state index contributed by atoms with van der Waals surface area (Å²) in [4.78, 5) is 2.27. The van der Waals surface area contributed by atoms with E-state index in [4.69, 9.17) is 0 Å². The van der Waals surface area contributed by atoms with Gasteiger partial charge in [0.1, 0.15) is 0 Å². The fourth-order valence-electron chi connectivity index (χ4n) is 2.49. The summed E-state index contributed by atoms with van der Waals surface area (Å²) in [5.74, 6) is 0.706. The summed E-state index contributed by atoms with van der Waals surface area (Å²) in [5.41, 5.74) is 0. The third-order valence-electron chi connectivity index (χ3n) is 3.61. The van der Waals surface area contributed by atoms with Gasteiger partial charge in [-0.25, -0.2) is 8.42 Å². The molecule has 0 radical (unpaired) electrons. The van der Waals surface area contributed by atoms with Crippen LogP contribution in [0.2, 0.25) is 0 Å². The van der Waals surface area contributed by atoms with E-state index in [-0.39, 0.29) is 6.04 Å². The highest BCUT2D eigenvalue weighted by Gasteiger charge is 2.33. The van der Waals surface area contributed by atoms with Crippen molar-refractivity contribution in [1.82, 2.24) is 10.2 Å². The van der Waals surface area contributed by atoms with Gasteiger partial charge >= 0.3 is 0 Å². The number of hydrogen-bond donors (Lipinski definition) is 1. The monoisotopic (exact) mass is 262 g/mol. The first kappa shape index (κ1) is 14.9. The van der Waals surface area contributed by atoms with Gasteiger partial charge in [-0.1, -0.05) is 20.3 Å². The van der Waals surface area contributed by atoms with Crippen LogP contribution in [0.25, 0.3) is 0 Å². The second-order valence-electron chi connectivity index (χ2n) is 4.97. The van der Waals surface area contributed by atoms with Crippen LogP contribution < -0.4 is 5.32 Å². The fraction of sp³-hybridized carbons (Fsp3) is 1.00. The van der Waals surface area contributed by atoms with Gasteiger partial charge in [-0.3, -0.25) is 4.90 Å². The zero-order valence-corrected chi connectivity index (χ0v) is 12.1. The molecule has 0 aromatic heterocycles. The van der Waals surface area contributed by atoms with E-state index in [1.165, 1.54) is 0 Å². The number of nitrogens with one attached hydrogen (secondary N) is 1. The molecule has 1 heterocycles. The van der Waals surface area contributed by atoms with E-state index in [1.807, 2.05) is 0 Å². The SMILES string of the molecule is CCCC(CNCC)N(C)C1CCS(=O)(=O)C1. The number of rotatable bonds is 7. The Morgan fingerprint density at radius 2 is 2.12 bits per heavy atom. The first-order chi connectivity index (χ1) is 8.00. The van der Waals surface area contributed by atoms with Gasteiger partial charge in [-0.05, 0) is 26.4 Å². The molecule has 0 spiro atoms. The van der Waals surface area contributed by atoms with E-state index in [2.05, 4.69) is 31.1 Å². The van der Waals surface area contributed by atoms with E-state index < -0.39 is 9.84 Å². The van der Waals surface area contributed by atoms with Gasteiger partial charge in [-0.15, -0.1) is 0 Å². The molecule has 5 heteroatoms. The quantitative estimate of drug-likeness (QED) is 0.740. The lowest BCUT2D eigenvalue weighted by Crippen LogP contribution is -2.46. The van der Waals surface area contributed by atoms with Gasteiger partial charge in [0, 0.05) is 18.6 Å². The maximum atomic E-state index is 11.5. The third-order valence-corrected chi connectivity index (χ3v) is 5.36. The van der Waals surface area contributed by atoms with E-state index in [9.17, 15) is 8.42 Å². The van der Waals surface area contributed by atoms with Crippen LogP contribution in [-0.4, -0.2) is 57.0 Å². The van der Waals surface area contributed by atoms with Crippen molar-refractivity contribution in [3.8, 4) is 0 Å². The largest absolute Gasteiger partial charge is 0.315 e. The van der Waals surface area contributed by atoms with E-state index in [0.29, 0.717) is 17.5 Å². The van der Waals surface area contributed by atoms with Crippen molar-refractivity contribution < 1.29 is 8.42 Å². The van der Waals surface area contributed by atoms with Crippen LogP contribution in [-0.2, 0) is 9.84 Å². The van der Waals surface area contributed by atoms with E-state index in [0.717, 1.165) is 32.4 Å². The van der Waals surface area contributed by atoms with Crippen molar-refractivity contribution >= 4 is 9.84 Å². The summed E-state index contributed by atoms with van der Waals surface area (Å²) >= 11 is 0. The molecule has 1 aliphatic heterocycles. The van der Waals surface area contributed by atoms with Gasteiger partial charge < -0.3 is 5.32 Å². The standard InChI is InChI=1S/C12H26N2O2S/c1-4-6-11(9-13-5-2)14(3)12-7-8-17(15,16)10-12/h11-13H,4-10H2,1-3H3. The van der Waals surface area contributed by atoms with Gasteiger partial charge in [0.05, 0.1) is 11.5 Å². The normalized spacial score (nSPS) is 25.3. The lowest BCUT2D eigenvalue weighted by atomic mass is 10.1. The zero-order chi connectivity index (χ0) is 12.9. The predicted molar refractivity (Wildman–Crippen MR) is 72.1 cm³/mol. The van der Waals surface area contributed by atoms with Gasteiger partial charge in [0.15, 0.2) is 9.84 Å². The van der Waals surface area contributed by atoms with Gasteiger partial charge in [0.2, 0.25) is 0 Å². The molecule has 0 aromatic rings. The maximum Gasteiger partial charge on any atom is 0.151 e. The zero-order valence-electron chi connectivity index (χ0n) is 11.3. The number of sulfone groups is 1. The van der Waals surface area contributed by atoms with Crippen molar-refractivity contribution in [2.45, 2.75) is 45.2 Å². The predicted octanol–water partition coefficient (Wildman–Crippen LogP) is 0.884. The molecule has 0 aromatic carbocycles. The molecule has 17 heavy (non-hydrogen) atoms. The molecule has 1 aliphatic rings. The average Bonchev–Trinajstić information content (AvgIpc) is 2.64. The Hall–Kier alpha value is -0.130. The summed E-state index contributed by atoms with van der Waals surface area (Å²) in [7, 11) is -0.699. The number of likely N-dealkylation sites (N-methyl/N-ethyl adjacent to an activating group) is 2. The molecular formula is C12H26N2O2S. The van der Waals surface area contributed by atoms with Crippen LogP contribution in [0, 0.1) is 0 Å². The minimum atomic E-state index is -2.77. The minimum Gasteiger partial charge on any atom is -0.315 e. The summed E-state index contributed by atoms with van der Waals surface area (Å²) in [6.07, 6.45) is 3.06. The first-order valence-corrected chi connectivity index (χ1v) is 8.45. The molecule has 4 nitrogen and oxygen atoms in total. The fourth-order valence-corrected chi connectivity index (χ4v) is 4.27. The van der Waals surface area contributed by atoms with Crippen LogP contribution in [0.1, 0.15) is 33.1 Å². The smallest absolute Gasteiger partial charge is 0.151 e. The molecule has 0 aliphatic carbocycles. The highest BCUT2D eigenvalue weighted by Crippen LogP contribution is 2.19. The van der Waals surface area contributed by atoms with Crippen LogP contribution in [0.4, 0.5) is 0 Å². The number of nitrogens with zero attached hydrogens (tertiary/aromatic N) is 1. The van der Waals surface area contributed by atoms with Crippen LogP contribution in [0.5, 0.6) is 0 Å².